The van der Waals surface area contributed by atoms with Crippen LogP contribution in [0.1, 0.15) is 45.4 Å². The van der Waals surface area contributed by atoms with Gasteiger partial charge in [-0.3, -0.25) is 4.68 Å². The summed E-state index contributed by atoms with van der Waals surface area (Å²) in [7, 11) is 0. The summed E-state index contributed by atoms with van der Waals surface area (Å²) in [5.41, 5.74) is 2.54. The zero-order chi connectivity index (χ0) is 13.6. The van der Waals surface area contributed by atoms with E-state index in [4.69, 9.17) is 4.74 Å². The Balaban J connectivity index is 2.43. The normalized spacial score (nSPS) is 12.1. The summed E-state index contributed by atoms with van der Waals surface area (Å²) < 4.78 is 7.35. The monoisotopic (exact) mass is 253 g/mol. The van der Waals surface area contributed by atoms with E-state index >= 15 is 0 Å². The average Bonchev–Trinajstić information content (AvgIpc) is 2.62. The first-order chi connectivity index (χ1) is 8.42. The van der Waals surface area contributed by atoms with Crippen LogP contribution in [0.15, 0.2) is 6.20 Å². The fourth-order valence-electron chi connectivity index (χ4n) is 1.68. The highest BCUT2D eigenvalue weighted by atomic mass is 16.5. The van der Waals surface area contributed by atoms with E-state index in [9.17, 15) is 0 Å². The molecule has 0 radical (unpaired) electrons. The molecule has 0 atom stereocenters. The van der Waals surface area contributed by atoms with Gasteiger partial charge < -0.3 is 10.1 Å². The molecule has 0 bridgehead atoms. The molecule has 1 N–H and O–H groups in total. The fourth-order valence-corrected chi connectivity index (χ4v) is 1.68. The number of hydrogen-bond donors (Lipinski definition) is 1. The Bertz CT molecular complexity index is 352. The third-order valence-corrected chi connectivity index (χ3v) is 2.74. The largest absolute Gasteiger partial charge is 0.382 e. The lowest BCUT2D eigenvalue weighted by molar-refractivity contribution is 0.141. The molecule has 0 spiro atoms. The molecule has 1 aromatic heterocycles. The van der Waals surface area contributed by atoms with Crippen molar-refractivity contribution >= 4 is 0 Å². The van der Waals surface area contributed by atoms with Gasteiger partial charge in [0.25, 0.3) is 0 Å². The summed E-state index contributed by atoms with van der Waals surface area (Å²) in [5, 5.41) is 8.02. The number of nitrogens with zero attached hydrogens (tertiary/aromatic N) is 2. The summed E-state index contributed by atoms with van der Waals surface area (Å²) in [4.78, 5) is 0. The number of nitrogens with one attached hydrogen (secondary N) is 1. The van der Waals surface area contributed by atoms with E-state index < -0.39 is 0 Å². The maximum Gasteiger partial charge on any atom is 0.0638 e. The van der Waals surface area contributed by atoms with E-state index in [-0.39, 0.29) is 5.54 Å². The standard InChI is InChI=1S/C14H27N3O/c1-6-18-9-7-8-17-11-13(12(2)16-17)10-15-14(3,4)5/h11,15H,6-10H2,1-5H3. The Morgan fingerprint density at radius 2 is 2.11 bits per heavy atom. The van der Waals surface area contributed by atoms with Gasteiger partial charge in [0.15, 0.2) is 0 Å². The van der Waals surface area contributed by atoms with Gasteiger partial charge in [0, 0.05) is 43.6 Å². The van der Waals surface area contributed by atoms with Crippen molar-refractivity contribution in [1.82, 2.24) is 15.1 Å². The van der Waals surface area contributed by atoms with E-state index in [0.717, 1.165) is 38.4 Å². The number of aryl methyl sites for hydroxylation is 2. The van der Waals surface area contributed by atoms with Crippen LogP contribution < -0.4 is 5.32 Å². The number of hydrogen-bond acceptors (Lipinski definition) is 3. The molecule has 4 nitrogen and oxygen atoms in total. The lowest BCUT2D eigenvalue weighted by Crippen LogP contribution is -2.35. The van der Waals surface area contributed by atoms with Crippen LogP contribution in [-0.2, 0) is 17.8 Å². The minimum absolute atomic E-state index is 0.142. The molecule has 1 rings (SSSR count). The molecule has 0 saturated carbocycles. The Hall–Kier alpha value is -0.870. The van der Waals surface area contributed by atoms with Gasteiger partial charge in [0.05, 0.1) is 5.69 Å². The van der Waals surface area contributed by atoms with Crippen molar-refractivity contribution in [2.24, 2.45) is 0 Å². The molecule has 0 fully saturated rings. The minimum atomic E-state index is 0.142. The first kappa shape index (κ1) is 15.2. The van der Waals surface area contributed by atoms with E-state index in [1.54, 1.807) is 0 Å². The van der Waals surface area contributed by atoms with Crippen LogP contribution >= 0.6 is 0 Å². The first-order valence-electron chi connectivity index (χ1n) is 6.78. The van der Waals surface area contributed by atoms with Gasteiger partial charge in [-0.05, 0) is 41.0 Å². The highest BCUT2D eigenvalue weighted by Gasteiger charge is 2.11. The van der Waals surface area contributed by atoms with E-state index in [1.165, 1.54) is 5.56 Å². The highest BCUT2D eigenvalue weighted by Crippen LogP contribution is 2.08. The summed E-state index contributed by atoms with van der Waals surface area (Å²) in [5.74, 6) is 0. The molecule has 0 amide bonds. The van der Waals surface area contributed by atoms with Crippen molar-refractivity contribution < 1.29 is 4.74 Å². The molecule has 0 unspecified atom stereocenters. The number of ether oxygens (including phenoxy) is 1. The lowest BCUT2D eigenvalue weighted by Gasteiger charge is -2.20. The third kappa shape index (κ3) is 5.65. The van der Waals surface area contributed by atoms with Crippen molar-refractivity contribution in [1.29, 1.82) is 0 Å². The fraction of sp³-hybridized carbons (Fsp3) is 0.786. The first-order valence-corrected chi connectivity index (χ1v) is 6.78. The minimum Gasteiger partial charge on any atom is -0.382 e. The molecule has 0 aliphatic rings. The number of rotatable bonds is 7. The molecule has 1 heterocycles. The topological polar surface area (TPSA) is 39.1 Å². The summed E-state index contributed by atoms with van der Waals surface area (Å²) in [6.07, 6.45) is 3.15. The molecule has 0 aliphatic carbocycles. The molecule has 0 saturated heterocycles. The van der Waals surface area contributed by atoms with Gasteiger partial charge in [-0.25, -0.2) is 0 Å². The maximum atomic E-state index is 5.33. The molecule has 0 aromatic carbocycles. The summed E-state index contributed by atoms with van der Waals surface area (Å²) >= 11 is 0. The Morgan fingerprint density at radius 1 is 1.39 bits per heavy atom. The van der Waals surface area contributed by atoms with E-state index in [2.05, 4.69) is 44.3 Å². The predicted octanol–water partition coefficient (Wildman–Crippen LogP) is 2.51. The lowest BCUT2D eigenvalue weighted by atomic mass is 10.1. The SMILES string of the molecule is CCOCCCn1cc(CNC(C)(C)C)c(C)n1. The average molecular weight is 253 g/mol. The highest BCUT2D eigenvalue weighted by molar-refractivity contribution is 5.15. The van der Waals surface area contributed by atoms with Crippen LogP contribution in [0.5, 0.6) is 0 Å². The zero-order valence-electron chi connectivity index (χ0n) is 12.4. The second-order valence-corrected chi connectivity index (χ2v) is 5.66. The molecular formula is C14H27N3O. The van der Waals surface area contributed by atoms with Crippen LogP contribution in [0, 0.1) is 6.92 Å². The molecule has 1 aromatic rings. The van der Waals surface area contributed by atoms with Crippen molar-refractivity contribution in [3.8, 4) is 0 Å². The molecule has 18 heavy (non-hydrogen) atoms. The molecule has 0 aliphatic heterocycles. The van der Waals surface area contributed by atoms with Gasteiger partial charge in [-0.15, -0.1) is 0 Å². The Kier molecular flexibility index (Phi) is 5.82. The van der Waals surface area contributed by atoms with Crippen LogP contribution in [0.25, 0.3) is 0 Å². The van der Waals surface area contributed by atoms with Crippen LogP contribution in [-0.4, -0.2) is 28.5 Å². The zero-order valence-corrected chi connectivity index (χ0v) is 12.4. The van der Waals surface area contributed by atoms with Gasteiger partial charge in [-0.1, -0.05) is 0 Å². The van der Waals surface area contributed by atoms with Crippen molar-refractivity contribution in [2.75, 3.05) is 13.2 Å². The second kappa shape index (κ2) is 6.90. The molecular weight excluding hydrogens is 226 g/mol. The van der Waals surface area contributed by atoms with Crippen molar-refractivity contribution in [3.05, 3.63) is 17.5 Å². The quantitative estimate of drug-likeness (QED) is 0.759. The molecule has 4 heteroatoms. The van der Waals surface area contributed by atoms with Gasteiger partial charge >= 0.3 is 0 Å². The van der Waals surface area contributed by atoms with Crippen molar-refractivity contribution in [3.63, 3.8) is 0 Å². The number of aromatic nitrogens is 2. The van der Waals surface area contributed by atoms with Gasteiger partial charge in [-0.2, -0.15) is 5.10 Å². The third-order valence-electron chi connectivity index (χ3n) is 2.74. The van der Waals surface area contributed by atoms with Crippen molar-refractivity contribution in [2.45, 2.75) is 59.7 Å². The van der Waals surface area contributed by atoms with Gasteiger partial charge in [0.1, 0.15) is 0 Å². The smallest absolute Gasteiger partial charge is 0.0638 e. The summed E-state index contributed by atoms with van der Waals surface area (Å²) in [6.45, 7) is 14.0. The van der Waals surface area contributed by atoms with Crippen LogP contribution in [0.2, 0.25) is 0 Å². The van der Waals surface area contributed by atoms with E-state index in [1.807, 2.05) is 11.6 Å². The van der Waals surface area contributed by atoms with Gasteiger partial charge in [0.2, 0.25) is 0 Å². The van der Waals surface area contributed by atoms with Crippen LogP contribution in [0.4, 0.5) is 0 Å². The van der Waals surface area contributed by atoms with Crippen LogP contribution in [0.3, 0.4) is 0 Å². The predicted molar refractivity (Wildman–Crippen MR) is 74.7 cm³/mol. The Labute approximate surface area is 111 Å². The maximum absolute atomic E-state index is 5.33. The van der Waals surface area contributed by atoms with E-state index in [0.29, 0.717) is 0 Å². The second-order valence-electron chi connectivity index (χ2n) is 5.66. The summed E-state index contributed by atoms with van der Waals surface area (Å²) in [6, 6.07) is 0. The molecule has 104 valence electrons. The Morgan fingerprint density at radius 3 is 2.72 bits per heavy atom.